The minimum absolute atomic E-state index is 0.129. The van der Waals surface area contributed by atoms with Crippen molar-refractivity contribution in [3.05, 3.63) is 55.1 Å². The molecule has 0 saturated heterocycles. The Kier molecular flexibility index (Phi) is 16.8. The monoisotopic (exact) mass is 400 g/mol. The fraction of sp³-hybridized carbons (Fsp3) is 0.316. The summed E-state index contributed by atoms with van der Waals surface area (Å²) in [5.74, 6) is -3.60. The summed E-state index contributed by atoms with van der Waals surface area (Å²) in [6, 6.07) is 2.45. The van der Waals surface area contributed by atoms with E-state index in [1.54, 1.807) is 0 Å². The van der Waals surface area contributed by atoms with E-state index in [1.807, 2.05) is 0 Å². The van der Waals surface area contributed by atoms with Crippen LogP contribution in [0.1, 0.15) is 19.3 Å². The van der Waals surface area contributed by atoms with Crippen molar-refractivity contribution in [2.45, 2.75) is 25.4 Å². The number of nitrogens with two attached hydrogens (primary N) is 1. The van der Waals surface area contributed by atoms with Crippen LogP contribution in [0.15, 0.2) is 43.5 Å². The van der Waals surface area contributed by atoms with Crippen LogP contribution in [0, 0.1) is 11.6 Å². The lowest BCUT2D eigenvalue weighted by Gasteiger charge is -2.11. The summed E-state index contributed by atoms with van der Waals surface area (Å²) in [4.78, 5) is 31.2. The number of anilines is 1. The first kappa shape index (κ1) is 27.2. The number of carbonyl (C=O) groups is 3. The quantitative estimate of drug-likeness (QED) is 0.449. The third-order valence-electron chi connectivity index (χ3n) is 2.87. The summed E-state index contributed by atoms with van der Waals surface area (Å²) in [6.07, 6.45) is 6.99. The predicted octanol–water partition coefficient (Wildman–Crippen LogP) is 2.72. The Morgan fingerprint density at radius 2 is 1.61 bits per heavy atom. The minimum Gasteiger partial charge on any atom is -0.471 e. The Hall–Kier alpha value is -3.07. The largest absolute Gasteiger partial charge is 0.471 e. The first-order chi connectivity index (χ1) is 13.3. The molecule has 7 nitrogen and oxygen atoms in total. The van der Waals surface area contributed by atoms with Crippen molar-refractivity contribution in [3.8, 4) is 0 Å². The molecule has 28 heavy (non-hydrogen) atoms. The van der Waals surface area contributed by atoms with E-state index in [0.29, 0.717) is 12.5 Å². The van der Waals surface area contributed by atoms with E-state index < -0.39 is 29.6 Å². The molecule has 1 aromatic rings. The van der Waals surface area contributed by atoms with Gasteiger partial charge in [0, 0.05) is 18.9 Å². The molecule has 0 aromatic heterocycles. The van der Waals surface area contributed by atoms with Crippen molar-refractivity contribution in [1.29, 1.82) is 0 Å². The highest BCUT2D eigenvalue weighted by Crippen LogP contribution is 2.13. The molecule has 0 spiro atoms. The number of primary amides is 1. The van der Waals surface area contributed by atoms with E-state index in [1.165, 1.54) is 26.4 Å². The van der Waals surface area contributed by atoms with Crippen molar-refractivity contribution in [2.75, 3.05) is 19.5 Å². The number of ether oxygens (including phenoxy) is 2. The molecule has 2 amide bonds. The van der Waals surface area contributed by atoms with Crippen molar-refractivity contribution in [2.24, 2.45) is 5.73 Å². The van der Waals surface area contributed by atoms with Crippen LogP contribution in [-0.4, -0.2) is 38.6 Å². The maximum absolute atomic E-state index is 12.8. The summed E-state index contributed by atoms with van der Waals surface area (Å²) in [6.45, 7) is 6.38. The van der Waals surface area contributed by atoms with E-state index in [4.69, 9.17) is 10.5 Å². The Morgan fingerprint density at radius 1 is 1.14 bits per heavy atom. The highest BCUT2D eigenvalue weighted by molar-refractivity contribution is 6.08. The Morgan fingerprint density at radius 3 is 1.89 bits per heavy atom. The van der Waals surface area contributed by atoms with Crippen molar-refractivity contribution in [3.63, 3.8) is 0 Å². The first-order valence-electron chi connectivity index (χ1n) is 8.06. The molecule has 1 aromatic carbocycles. The SMILES string of the molecule is C1=CCCC1.C=C.COC(C(N)=O)C(=O)Nc1cc(F)cc(F)c1.COC=O. The fourth-order valence-electron chi connectivity index (χ4n) is 1.78. The van der Waals surface area contributed by atoms with Crippen LogP contribution in [0.4, 0.5) is 14.5 Å². The highest BCUT2D eigenvalue weighted by atomic mass is 19.1. The van der Waals surface area contributed by atoms with Crippen LogP contribution in [0.3, 0.4) is 0 Å². The summed E-state index contributed by atoms with van der Waals surface area (Å²) in [7, 11) is 2.42. The molecule has 0 fully saturated rings. The summed E-state index contributed by atoms with van der Waals surface area (Å²) >= 11 is 0. The van der Waals surface area contributed by atoms with Gasteiger partial charge in [0.25, 0.3) is 18.3 Å². The third kappa shape index (κ3) is 13.2. The second-order valence-corrected chi connectivity index (χ2v) is 4.90. The lowest BCUT2D eigenvalue weighted by atomic mass is 10.2. The van der Waals surface area contributed by atoms with Crippen LogP contribution in [-0.2, 0) is 23.9 Å². The minimum atomic E-state index is -1.51. The number of hydrogen-bond acceptors (Lipinski definition) is 5. The van der Waals surface area contributed by atoms with Gasteiger partial charge >= 0.3 is 0 Å². The number of rotatable bonds is 5. The van der Waals surface area contributed by atoms with Gasteiger partial charge in [0.1, 0.15) is 11.6 Å². The molecule has 1 aliphatic rings. The molecule has 0 aliphatic heterocycles. The molecule has 1 unspecified atom stereocenters. The Balaban J connectivity index is 0. The van der Waals surface area contributed by atoms with E-state index in [9.17, 15) is 18.4 Å². The van der Waals surface area contributed by atoms with E-state index in [2.05, 4.69) is 40.1 Å². The van der Waals surface area contributed by atoms with Crippen LogP contribution in [0.2, 0.25) is 0 Å². The lowest BCUT2D eigenvalue weighted by Crippen LogP contribution is -2.40. The molecule has 1 atom stereocenters. The van der Waals surface area contributed by atoms with Crippen LogP contribution < -0.4 is 11.1 Å². The molecular formula is C19H26F2N2O5. The molecule has 9 heteroatoms. The maximum Gasteiger partial charge on any atom is 0.292 e. The summed E-state index contributed by atoms with van der Waals surface area (Å²) in [5, 5.41) is 2.11. The topological polar surface area (TPSA) is 108 Å². The molecule has 0 saturated carbocycles. The number of halogens is 2. The molecule has 2 rings (SSSR count). The van der Waals surface area contributed by atoms with Gasteiger partial charge in [-0.1, -0.05) is 12.2 Å². The van der Waals surface area contributed by atoms with Gasteiger partial charge in [-0.3, -0.25) is 14.4 Å². The number of allylic oxidation sites excluding steroid dienone is 2. The van der Waals surface area contributed by atoms with Crippen molar-refractivity contribution in [1.82, 2.24) is 0 Å². The predicted molar refractivity (Wildman–Crippen MR) is 102 cm³/mol. The average Bonchev–Trinajstić information content (AvgIpc) is 3.23. The molecule has 3 N–H and O–H groups in total. The van der Waals surface area contributed by atoms with Crippen LogP contribution in [0.25, 0.3) is 0 Å². The smallest absolute Gasteiger partial charge is 0.292 e. The van der Waals surface area contributed by atoms with E-state index >= 15 is 0 Å². The number of methoxy groups -OCH3 is 2. The molecule has 1 aliphatic carbocycles. The zero-order chi connectivity index (χ0) is 21.9. The van der Waals surface area contributed by atoms with Crippen molar-refractivity contribution >= 4 is 24.0 Å². The van der Waals surface area contributed by atoms with Crippen LogP contribution >= 0.6 is 0 Å². The van der Waals surface area contributed by atoms with Gasteiger partial charge in [-0.25, -0.2) is 8.78 Å². The van der Waals surface area contributed by atoms with Gasteiger partial charge in [0.2, 0.25) is 6.10 Å². The zero-order valence-corrected chi connectivity index (χ0v) is 16.0. The van der Waals surface area contributed by atoms with Gasteiger partial charge < -0.3 is 20.5 Å². The van der Waals surface area contributed by atoms with Gasteiger partial charge in [0.05, 0.1) is 7.11 Å². The summed E-state index contributed by atoms with van der Waals surface area (Å²) in [5.41, 5.74) is 4.76. The summed E-state index contributed by atoms with van der Waals surface area (Å²) < 4.78 is 34.0. The molecule has 0 heterocycles. The number of hydrogen-bond donors (Lipinski definition) is 2. The van der Waals surface area contributed by atoms with E-state index in [0.717, 1.165) is 19.2 Å². The average molecular weight is 400 g/mol. The maximum atomic E-state index is 12.8. The number of carbonyl (C=O) groups excluding carboxylic acids is 3. The van der Waals surface area contributed by atoms with Crippen LogP contribution in [0.5, 0.6) is 0 Å². The van der Waals surface area contributed by atoms with Gasteiger partial charge in [0.15, 0.2) is 0 Å². The Bertz CT molecular complexity index is 613. The molecule has 156 valence electrons. The third-order valence-corrected chi connectivity index (χ3v) is 2.87. The normalized spacial score (nSPS) is 11.9. The number of nitrogens with one attached hydrogen (secondary N) is 1. The Labute approximate surface area is 163 Å². The highest BCUT2D eigenvalue weighted by Gasteiger charge is 2.23. The van der Waals surface area contributed by atoms with Gasteiger partial charge in [-0.05, 0) is 31.4 Å². The number of amides is 2. The second-order valence-electron chi connectivity index (χ2n) is 4.90. The van der Waals surface area contributed by atoms with Gasteiger partial charge in [-0.2, -0.15) is 0 Å². The second kappa shape index (κ2) is 17.3. The molecular weight excluding hydrogens is 374 g/mol. The zero-order valence-electron chi connectivity index (χ0n) is 16.0. The standard InChI is InChI=1S/C10H10F2N2O3.C5H8.C2H4O2.C2H4/c1-17-8(9(13)15)10(16)14-7-3-5(11)2-6(12)4-7;1-2-4-5-3-1;1-4-2-3;1-2/h2-4,8H,1H3,(H2,13,15)(H,14,16);1-2H,3-5H2;2H,1H3;1-2H2. The fourth-order valence-corrected chi connectivity index (χ4v) is 1.78. The lowest BCUT2D eigenvalue weighted by molar-refractivity contribution is -0.138. The van der Waals surface area contributed by atoms with Crippen molar-refractivity contribution < 1.29 is 32.6 Å². The molecule has 0 radical (unpaired) electrons. The molecule has 0 bridgehead atoms. The number of benzene rings is 1. The van der Waals surface area contributed by atoms with E-state index in [-0.39, 0.29) is 5.69 Å². The van der Waals surface area contributed by atoms with Gasteiger partial charge in [-0.15, -0.1) is 13.2 Å². The first-order valence-corrected chi connectivity index (χ1v) is 8.06.